The number of carbonyl (C=O) groups is 1. The maximum atomic E-state index is 11.7. The standard InChI is InChI=1S/C40H64N2O17/c43-40(59-36-37-4-2-1-3-5-37)41-10-11-46-12-13-47-14-15-48-16-17-49-18-19-50-20-21-51-22-23-52-24-25-53-26-27-54-28-29-55-30-31-56-32-33-57-34-35-58-39-8-6-38(7-9-39)42(44)45/h1-9H,10-36H2,(H,41,43). The summed E-state index contributed by atoms with van der Waals surface area (Å²) < 4.78 is 76.2. The van der Waals surface area contributed by atoms with Gasteiger partial charge in [0, 0.05) is 18.7 Å². The second-order valence-electron chi connectivity index (χ2n) is 11.9. The fraction of sp³-hybridized carbons (Fsp3) is 0.675. The minimum atomic E-state index is -0.476. The summed E-state index contributed by atoms with van der Waals surface area (Å²) in [4.78, 5) is 21.9. The van der Waals surface area contributed by atoms with E-state index in [4.69, 9.17) is 66.3 Å². The number of nitro benzene ring substituents is 1. The molecule has 1 N–H and O–H groups in total. The van der Waals surface area contributed by atoms with Gasteiger partial charge in [0.15, 0.2) is 0 Å². The van der Waals surface area contributed by atoms with Crippen LogP contribution in [-0.2, 0) is 68.2 Å². The Hall–Kier alpha value is -3.57. The molecule has 0 bridgehead atoms. The number of hydrogen-bond donors (Lipinski definition) is 1. The molecule has 0 aliphatic carbocycles. The summed E-state index contributed by atoms with van der Waals surface area (Å²) in [6.45, 7) is 11.9. The van der Waals surface area contributed by atoms with Crippen molar-refractivity contribution in [3.8, 4) is 5.75 Å². The molecule has 0 saturated heterocycles. The van der Waals surface area contributed by atoms with Gasteiger partial charge in [-0.15, -0.1) is 0 Å². The highest BCUT2D eigenvalue weighted by atomic mass is 16.6. The number of amides is 1. The zero-order valence-electron chi connectivity index (χ0n) is 34.2. The number of nitro groups is 1. The summed E-state index contributed by atoms with van der Waals surface area (Å²) in [5.74, 6) is 0.551. The quantitative estimate of drug-likeness (QED) is 0.0579. The van der Waals surface area contributed by atoms with Gasteiger partial charge in [-0.1, -0.05) is 30.3 Å². The van der Waals surface area contributed by atoms with E-state index in [1.54, 1.807) is 12.1 Å². The van der Waals surface area contributed by atoms with Gasteiger partial charge in [-0.2, -0.15) is 0 Å². The van der Waals surface area contributed by atoms with E-state index in [0.717, 1.165) is 5.56 Å². The van der Waals surface area contributed by atoms with Gasteiger partial charge in [-0.3, -0.25) is 10.1 Å². The predicted molar refractivity (Wildman–Crippen MR) is 213 cm³/mol. The molecule has 0 heterocycles. The van der Waals surface area contributed by atoms with E-state index in [9.17, 15) is 14.9 Å². The van der Waals surface area contributed by atoms with Crippen molar-refractivity contribution in [1.82, 2.24) is 5.32 Å². The third kappa shape index (κ3) is 33.9. The summed E-state index contributed by atoms with van der Waals surface area (Å²) >= 11 is 0. The summed E-state index contributed by atoms with van der Waals surface area (Å²) in [5.41, 5.74) is 0.952. The first-order valence-electron chi connectivity index (χ1n) is 19.9. The van der Waals surface area contributed by atoms with Crippen LogP contribution in [-0.4, -0.2) is 183 Å². The Morgan fingerprint density at radius 1 is 0.441 bits per heavy atom. The lowest BCUT2D eigenvalue weighted by Gasteiger charge is -2.09. The first-order chi connectivity index (χ1) is 29.1. The van der Waals surface area contributed by atoms with Crippen molar-refractivity contribution in [2.24, 2.45) is 0 Å². The van der Waals surface area contributed by atoms with E-state index in [0.29, 0.717) is 177 Å². The van der Waals surface area contributed by atoms with Gasteiger partial charge in [0.25, 0.3) is 5.69 Å². The van der Waals surface area contributed by atoms with Crippen LogP contribution in [0.25, 0.3) is 0 Å². The van der Waals surface area contributed by atoms with E-state index in [1.807, 2.05) is 30.3 Å². The molecule has 1 amide bonds. The number of rotatable bonds is 43. The SMILES string of the molecule is O=C(NCCOCCOCCOCCOCCOCCOCCOCCOCCOCCOCCOCCOCCOc1ccc([N+](=O)[O-])cc1)OCc1ccccc1. The van der Waals surface area contributed by atoms with E-state index >= 15 is 0 Å². The summed E-state index contributed by atoms with van der Waals surface area (Å²) in [5, 5.41) is 13.3. The Labute approximate surface area is 347 Å². The molecule has 0 aliphatic heterocycles. The lowest BCUT2D eigenvalue weighted by atomic mass is 10.2. The Kier molecular flexibility index (Phi) is 34.8. The van der Waals surface area contributed by atoms with Crippen LogP contribution in [0.15, 0.2) is 54.6 Å². The molecule has 2 aromatic rings. The number of carbonyl (C=O) groups excluding carboxylic acids is 1. The highest BCUT2D eigenvalue weighted by Gasteiger charge is 2.05. The molecule has 0 spiro atoms. The van der Waals surface area contributed by atoms with Gasteiger partial charge < -0.3 is 71.6 Å². The predicted octanol–water partition coefficient (Wildman–Crippen LogP) is 3.10. The fourth-order valence-corrected chi connectivity index (χ4v) is 4.40. The molecule has 2 rings (SSSR count). The van der Waals surface area contributed by atoms with E-state index in [1.165, 1.54) is 12.1 Å². The molecular weight excluding hydrogens is 780 g/mol. The molecule has 0 atom stereocenters. The third-order valence-corrected chi connectivity index (χ3v) is 7.36. The number of non-ortho nitro benzene ring substituents is 1. The topological polar surface area (TPSA) is 201 Å². The summed E-state index contributed by atoms with van der Waals surface area (Å²) in [6, 6.07) is 15.4. The van der Waals surface area contributed by atoms with E-state index in [2.05, 4.69) is 5.32 Å². The monoisotopic (exact) mass is 844 g/mol. The highest BCUT2D eigenvalue weighted by Crippen LogP contribution is 2.17. The maximum absolute atomic E-state index is 11.7. The average molecular weight is 845 g/mol. The minimum absolute atomic E-state index is 0.0209. The first kappa shape index (κ1) is 51.6. The van der Waals surface area contributed by atoms with Crippen molar-refractivity contribution >= 4 is 11.8 Å². The first-order valence-corrected chi connectivity index (χ1v) is 19.9. The molecule has 19 heteroatoms. The van der Waals surface area contributed by atoms with Crippen LogP contribution < -0.4 is 10.1 Å². The number of benzene rings is 2. The number of ether oxygens (including phenoxy) is 14. The molecule has 0 radical (unpaired) electrons. The van der Waals surface area contributed by atoms with Crippen LogP contribution in [0, 0.1) is 10.1 Å². The third-order valence-electron chi connectivity index (χ3n) is 7.36. The van der Waals surface area contributed by atoms with Crippen LogP contribution in [0.4, 0.5) is 10.5 Å². The van der Waals surface area contributed by atoms with E-state index < -0.39 is 11.0 Å². The van der Waals surface area contributed by atoms with Gasteiger partial charge in [0.05, 0.1) is 163 Å². The zero-order chi connectivity index (χ0) is 41.9. The second-order valence-corrected chi connectivity index (χ2v) is 11.9. The number of nitrogens with one attached hydrogen (secondary N) is 1. The van der Waals surface area contributed by atoms with Crippen LogP contribution in [0.3, 0.4) is 0 Å². The fourth-order valence-electron chi connectivity index (χ4n) is 4.40. The van der Waals surface area contributed by atoms with Gasteiger partial charge in [0.1, 0.15) is 19.0 Å². The molecule has 336 valence electrons. The van der Waals surface area contributed by atoms with Crippen molar-refractivity contribution in [2.75, 3.05) is 172 Å². The molecule has 0 aromatic heterocycles. The highest BCUT2D eigenvalue weighted by molar-refractivity contribution is 5.67. The van der Waals surface area contributed by atoms with Crippen LogP contribution in [0.1, 0.15) is 5.56 Å². The molecule has 59 heavy (non-hydrogen) atoms. The van der Waals surface area contributed by atoms with E-state index in [-0.39, 0.29) is 12.3 Å². The largest absolute Gasteiger partial charge is 0.491 e. The summed E-state index contributed by atoms with van der Waals surface area (Å²) in [7, 11) is 0. The summed E-state index contributed by atoms with van der Waals surface area (Å²) in [6.07, 6.45) is -0.476. The molecule has 0 saturated carbocycles. The Bertz CT molecular complexity index is 1230. The van der Waals surface area contributed by atoms with Crippen molar-refractivity contribution < 1.29 is 76.0 Å². The zero-order valence-corrected chi connectivity index (χ0v) is 34.2. The molecule has 0 aliphatic rings. The normalized spacial score (nSPS) is 11.2. The Balaban J connectivity index is 1.14. The maximum Gasteiger partial charge on any atom is 0.407 e. The molecule has 0 unspecified atom stereocenters. The minimum Gasteiger partial charge on any atom is -0.491 e. The smallest absolute Gasteiger partial charge is 0.407 e. The van der Waals surface area contributed by atoms with Crippen LogP contribution in [0.5, 0.6) is 5.75 Å². The second kappa shape index (κ2) is 39.9. The van der Waals surface area contributed by atoms with Gasteiger partial charge >= 0.3 is 6.09 Å². The Morgan fingerprint density at radius 3 is 1.10 bits per heavy atom. The van der Waals surface area contributed by atoms with Crippen molar-refractivity contribution in [3.63, 3.8) is 0 Å². The molecule has 0 fully saturated rings. The average Bonchev–Trinajstić information content (AvgIpc) is 3.25. The lowest BCUT2D eigenvalue weighted by molar-refractivity contribution is -0.384. The molecule has 19 nitrogen and oxygen atoms in total. The van der Waals surface area contributed by atoms with Crippen molar-refractivity contribution in [3.05, 3.63) is 70.3 Å². The number of nitrogens with zero attached hydrogens (tertiary/aromatic N) is 1. The van der Waals surface area contributed by atoms with Gasteiger partial charge in [0.2, 0.25) is 0 Å². The number of hydrogen-bond acceptors (Lipinski definition) is 17. The van der Waals surface area contributed by atoms with Crippen LogP contribution >= 0.6 is 0 Å². The van der Waals surface area contributed by atoms with Crippen LogP contribution in [0.2, 0.25) is 0 Å². The van der Waals surface area contributed by atoms with Crippen molar-refractivity contribution in [2.45, 2.75) is 6.61 Å². The van der Waals surface area contributed by atoms with Crippen molar-refractivity contribution in [1.29, 1.82) is 0 Å². The molecular formula is C40H64N2O17. The van der Waals surface area contributed by atoms with Gasteiger partial charge in [-0.05, 0) is 17.7 Å². The lowest BCUT2D eigenvalue weighted by Crippen LogP contribution is -2.28. The molecule has 2 aromatic carbocycles. The van der Waals surface area contributed by atoms with Gasteiger partial charge in [-0.25, -0.2) is 4.79 Å². The number of alkyl carbamates (subject to hydrolysis) is 1. The Morgan fingerprint density at radius 2 is 0.763 bits per heavy atom.